The van der Waals surface area contributed by atoms with Crippen molar-refractivity contribution in [2.45, 2.75) is 55.8 Å². The fraction of sp³-hybridized carbons (Fsp3) is 0.444. The Morgan fingerprint density at radius 3 is 2.42 bits per heavy atom. The monoisotopic (exact) mass is 555 g/mol. The normalized spacial score (nSPS) is 31.3. The second kappa shape index (κ2) is 9.28. The van der Waals surface area contributed by atoms with E-state index in [9.17, 15) is 19.5 Å². The molecule has 0 saturated carbocycles. The summed E-state index contributed by atoms with van der Waals surface area (Å²) in [7, 11) is 0. The number of anilines is 2. The Kier molecular flexibility index (Phi) is 6.43. The molecule has 3 aliphatic rings. The lowest BCUT2D eigenvalue weighted by molar-refractivity contribution is -0.142. The summed E-state index contributed by atoms with van der Waals surface area (Å²) in [5, 5.41) is 15.9. The predicted molar refractivity (Wildman–Crippen MR) is 139 cm³/mol. The Bertz CT molecular complexity index is 1190. The van der Waals surface area contributed by atoms with Gasteiger partial charge in [-0.05, 0) is 50.5 Å². The molecule has 2 bridgehead atoms. The molecule has 7 atom stereocenters. The number of rotatable bonds is 6. The Morgan fingerprint density at radius 2 is 1.78 bits per heavy atom. The van der Waals surface area contributed by atoms with Gasteiger partial charge in [0.05, 0.1) is 30.6 Å². The van der Waals surface area contributed by atoms with Crippen molar-refractivity contribution in [1.29, 1.82) is 0 Å². The van der Waals surface area contributed by atoms with Gasteiger partial charge in [-0.3, -0.25) is 14.4 Å². The number of carbonyl (C=O) groups excluding carboxylic acids is 3. The average Bonchev–Trinajstić information content (AvgIpc) is 3.45. The number of aliphatic hydroxyl groups excluding tert-OH is 1. The molecule has 36 heavy (non-hydrogen) atoms. The van der Waals surface area contributed by atoms with Gasteiger partial charge in [-0.1, -0.05) is 52.3 Å². The van der Waals surface area contributed by atoms with E-state index in [-0.39, 0.29) is 29.2 Å². The maximum Gasteiger partial charge on any atom is 0.250 e. The molecule has 1 spiro atoms. The third-order valence-electron chi connectivity index (χ3n) is 7.79. The van der Waals surface area contributed by atoms with Gasteiger partial charge in [-0.2, -0.15) is 0 Å². The van der Waals surface area contributed by atoms with Crippen LogP contribution >= 0.6 is 15.9 Å². The molecule has 3 unspecified atom stereocenters. The van der Waals surface area contributed by atoms with Crippen LogP contribution in [-0.2, 0) is 19.1 Å². The average molecular weight is 556 g/mol. The van der Waals surface area contributed by atoms with E-state index < -0.39 is 35.6 Å². The number of ether oxygens (including phenoxy) is 1. The van der Waals surface area contributed by atoms with Crippen LogP contribution in [0.15, 0.2) is 48.5 Å². The van der Waals surface area contributed by atoms with Crippen molar-refractivity contribution in [3.63, 3.8) is 0 Å². The molecule has 3 aliphatic heterocycles. The molecule has 3 N–H and O–H groups in total. The quantitative estimate of drug-likeness (QED) is 0.475. The summed E-state index contributed by atoms with van der Waals surface area (Å²) in [6.45, 7) is 5.21. The molecule has 3 heterocycles. The van der Waals surface area contributed by atoms with Gasteiger partial charge in [-0.25, -0.2) is 0 Å². The summed E-state index contributed by atoms with van der Waals surface area (Å²) in [4.78, 5) is 42.6. The molecule has 5 rings (SSSR count). The first-order valence-electron chi connectivity index (χ1n) is 12.2. The zero-order chi connectivity index (χ0) is 25.8. The van der Waals surface area contributed by atoms with Crippen molar-refractivity contribution in [3.8, 4) is 0 Å². The van der Waals surface area contributed by atoms with E-state index in [2.05, 4.69) is 26.6 Å². The molecule has 3 saturated heterocycles. The highest BCUT2D eigenvalue weighted by Crippen LogP contribution is 2.60. The Morgan fingerprint density at radius 1 is 1.11 bits per heavy atom. The number of nitrogens with zero attached hydrogens (tertiary/aromatic N) is 1. The van der Waals surface area contributed by atoms with Gasteiger partial charge in [0, 0.05) is 16.2 Å². The minimum Gasteiger partial charge on any atom is -0.394 e. The Balaban J connectivity index is 1.53. The SMILES string of the molecule is Cc1cccc(C)c1NC(=O)C1N([C@H](C)CO)C(=O)[C@@H]2[C@@H](C(=O)Nc3ccccc3)[C@@H]3OC12CC3Br. The Hall–Kier alpha value is -2.75. The number of likely N-dealkylation sites (tertiary alicyclic amines) is 1. The number of fused-ring (bicyclic) bond motifs is 1. The first-order valence-corrected chi connectivity index (χ1v) is 13.1. The van der Waals surface area contributed by atoms with Gasteiger partial charge in [0.15, 0.2) is 0 Å². The van der Waals surface area contributed by atoms with Gasteiger partial charge < -0.3 is 25.4 Å². The number of hydrogen-bond acceptors (Lipinski definition) is 5. The number of alkyl halides is 1. The lowest BCUT2D eigenvalue weighted by Crippen LogP contribution is -2.56. The number of aliphatic hydroxyl groups is 1. The highest BCUT2D eigenvalue weighted by atomic mass is 79.9. The van der Waals surface area contributed by atoms with Gasteiger partial charge in [-0.15, -0.1) is 0 Å². The van der Waals surface area contributed by atoms with Crippen LogP contribution in [0, 0.1) is 25.7 Å². The fourth-order valence-corrected chi connectivity index (χ4v) is 7.12. The fourth-order valence-electron chi connectivity index (χ4n) is 6.18. The maximum absolute atomic E-state index is 13.9. The summed E-state index contributed by atoms with van der Waals surface area (Å²) in [6.07, 6.45) is -0.146. The molecule has 0 aromatic heterocycles. The van der Waals surface area contributed by atoms with Crippen molar-refractivity contribution in [3.05, 3.63) is 59.7 Å². The summed E-state index contributed by atoms with van der Waals surface area (Å²) >= 11 is 3.67. The standard InChI is InChI=1S/C27H30BrN3O5/c1-14-8-7-9-15(2)21(14)30-25(34)23-27-12-18(28)22(36-27)19(20(27)26(35)31(23)16(3)13-32)24(33)29-17-10-5-4-6-11-17/h4-11,16,18-20,22-23,32H,12-13H2,1-3H3,(H,29,33)(H,30,34)/t16-,18?,19-,20+,22-,23?,27?/m1/s1. The number of halogens is 1. The molecule has 190 valence electrons. The minimum absolute atomic E-state index is 0.201. The molecule has 2 aromatic carbocycles. The zero-order valence-electron chi connectivity index (χ0n) is 20.4. The second-order valence-electron chi connectivity index (χ2n) is 10.1. The van der Waals surface area contributed by atoms with Gasteiger partial charge in [0.1, 0.15) is 11.6 Å². The zero-order valence-corrected chi connectivity index (χ0v) is 22.0. The van der Waals surface area contributed by atoms with Crippen LogP contribution in [0.2, 0.25) is 0 Å². The predicted octanol–water partition coefficient (Wildman–Crippen LogP) is 3.01. The summed E-state index contributed by atoms with van der Waals surface area (Å²) < 4.78 is 6.48. The number of hydrogen-bond donors (Lipinski definition) is 3. The highest BCUT2D eigenvalue weighted by molar-refractivity contribution is 9.09. The van der Waals surface area contributed by atoms with Gasteiger partial charge >= 0.3 is 0 Å². The molecular weight excluding hydrogens is 526 g/mol. The Labute approximate surface area is 218 Å². The van der Waals surface area contributed by atoms with Crippen molar-refractivity contribution < 1.29 is 24.2 Å². The van der Waals surface area contributed by atoms with E-state index >= 15 is 0 Å². The molecule has 9 heteroatoms. The van der Waals surface area contributed by atoms with E-state index in [1.807, 2.05) is 50.2 Å². The number of benzene rings is 2. The first-order chi connectivity index (χ1) is 17.2. The van der Waals surface area contributed by atoms with Crippen LogP contribution in [-0.4, -0.2) is 63.0 Å². The number of nitrogens with one attached hydrogen (secondary N) is 2. The third-order valence-corrected chi connectivity index (χ3v) is 8.63. The summed E-state index contributed by atoms with van der Waals surface area (Å²) in [5.74, 6) is -2.64. The van der Waals surface area contributed by atoms with Crippen molar-refractivity contribution in [2.75, 3.05) is 17.2 Å². The number of para-hydroxylation sites is 2. The molecule has 3 amide bonds. The lowest BCUT2D eigenvalue weighted by atomic mass is 9.70. The van der Waals surface area contributed by atoms with E-state index in [0.29, 0.717) is 17.8 Å². The minimum atomic E-state index is -1.18. The molecule has 8 nitrogen and oxygen atoms in total. The largest absolute Gasteiger partial charge is 0.394 e. The van der Waals surface area contributed by atoms with Crippen LogP contribution in [0.1, 0.15) is 24.5 Å². The van der Waals surface area contributed by atoms with Crippen LogP contribution in [0.3, 0.4) is 0 Å². The number of carbonyl (C=O) groups is 3. The van der Waals surface area contributed by atoms with Crippen LogP contribution in [0.25, 0.3) is 0 Å². The topological polar surface area (TPSA) is 108 Å². The van der Waals surface area contributed by atoms with E-state index in [0.717, 1.165) is 11.1 Å². The van der Waals surface area contributed by atoms with E-state index in [1.54, 1.807) is 19.1 Å². The molecule has 0 radical (unpaired) electrons. The third kappa shape index (κ3) is 3.76. The van der Waals surface area contributed by atoms with Crippen molar-refractivity contribution in [1.82, 2.24) is 4.90 Å². The number of amides is 3. The van der Waals surface area contributed by atoms with E-state index in [4.69, 9.17) is 4.74 Å². The smallest absolute Gasteiger partial charge is 0.250 e. The van der Waals surface area contributed by atoms with E-state index in [1.165, 1.54) is 4.90 Å². The summed E-state index contributed by atoms with van der Waals surface area (Å²) in [6, 6.07) is 13.2. The first kappa shape index (κ1) is 24.9. The van der Waals surface area contributed by atoms with Gasteiger partial charge in [0.25, 0.3) is 0 Å². The van der Waals surface area contributed by atoms with Gasteiger partial charge in [0.2, 0.25) is 17.7 Å². The van der Waals surface area contributed by atoms with Crippen molar-refractivity contribution in [2.24, 2.45) is 11.8 Å². The van der Waals surface area contributed by atoms with Crippen molar-refractivity contribution >= 4 is 45.0 Å². The molecule has 0 aliphatic carbocycles. The van der Waals surface area contributed by atoms with Crippen LogP contribution < -0.4 is 10.6 Å². The molecule has 3 fully saturated rings. The van der Waals surface area contributed by atoms with Crippen LogP contribution in [0.4, 0.5) is 11.4 Å². The molecular formula is C27H30BrN3O5. The lowest BCUT2D eigenvalue weighted by Gasteiger charge is -2.36. The molecule has 2 aromatic rings. The second-order valence-corrected chi connectivity index (χ2v) is 11.2. The number of aryl methyl sites for hydroxylation is 2. The maximum atomic E-state index is 13.9. The van der Waals surface area contributed by atoms with Crippen LogP contribution in [0.5, 0.6) is 0 Å². The highest BCUT2D eigenvalue weighted by Gasteiger charge is 2.76. The summed E-state index contributed by atoms with van der Waals surface area (Å²) in [5.41, 5.74) is 1.93.